The zero-order valence-electron chi connectivity index (χ0n) is 18.9. The van der Waals surface area contributed by atoms with Crippen molar-refractivity contribution in [2.75, 3.05) is 21.3 Å². The van der Waals surface area contributed by atoms with Crippen LogP contribution in [0.25, 0.3) is 0 Å². The minimum Gasteiger partial charge on any atom is -0.326 e. The van der Waals surface area contributed by atoms with E-state index in [0.29, 0.717) is 35.6 Å². The molecule has 0 bridgehead atoms. The molecule has 0 aliphatic heterocycles. The highest BCUT2D eigenvalue weighted by atomic mass is 16.2. The Balaban J connectivity index is 1.76. The van der Waals surface area contributed by atoms with Gasteiger partial charge in [-0.25, -0.2) is 0 Å². The van der Waals surface area contributed by atoms with Gasteiger partial charge in [-0.1, -0.05) is 12.1 Å². The molecule has 0 aliphatic carbocycles. The Bertz CT molecular complexity index is 936. The third-order valence-corrected chi connectivity index (χ3v) is 4.72. The van der Waals surface area contributed by atoms with E-state index in [1.54, 1.807) is 24.3 Å². The van der Waals surface area contributed by atoms with Gasteiger partial charge in [0, 0.05) is 49.4 Å². The first kappa shape index (κ1) is 24.6. The van der Waals surface area contributed by atoms with Crippen LogP contribution in [-0.4, -0.2) is 23.6 Å². The van der Waals surface area contributed by atoms with Crippen LogP contribution >= 0.6 is 0 Å². The number of amides is 4. The first-order valence-electron chi connectivity index (χ1n) is 10.5. The molecule has 0 fully saturated rings. The Kier molecular flexibility index (Phi) is 8.95. The summed E-state index contributed by atoms with van der Waals surface area (Å²) in [4.78, 5) is 46.9. The standard InChI is InChI=1S/C24H30N4O4/c1-15-9-11-19(13-21(15)25-17(3)29)27-23(31)7-5-6-8-24(32)28-20-12-10-16(2)22(14-20)26-18(4)30/h9-14H,5-8H2,1-4H3,(H,25,29)(H,26,30)(H,27,31)(H,28,32). The molecule has 0 saturated carbocycles. The van der Waals surface area contributed by atoms with Crippen LogP contribution in [0.5, 0.6) is 0 Å². The van der Waals surface area contributed by atoms with Crippen LogP contribution in [0.3, 0.4) is 0 Å². The van der Waals surface area contributed by atoms with Gasteiger partial charge in [-0.2, -0.15) is 0 Å². The third-order valence-electron chi connectivity index (χ3n) is 4.72. The van der Waals surface area contributed by atoms with E-state index >= 15 is 0 Å². The topological polar surface area (TPSA) is 116 Å². The van der Waals surface area contributed by atoms with Crippen LogP contribution in [-0.2, 0) is 19.2 Å². The maximum Gasteiger partial charge on any atom is 0.224 e. The number of hydrogen-bond donors (Lipinski definition) is 4. The van der Waals surface area contributed by atoms with E-state index in [-0.39, 0.29) is 36.5 Å². The normalized spacial score (nSPS) is 10.2. The summed E-state index contributed by atoms with van der Waals surface area (Å²) >= 11 is 0. The Morgan fingerprint density at radius 2 is 1.00 bits per heavy atom. The fourth-order valence-electron chi connectivity index (χ4n) is 3.07. The molecular formula is C24H30N4O4. The predicted octanol–water partition coefficient (Wildman–Crippen LogP) is 4.36. The Labute approximate surface area is 188 Å². The van der Waals surface area contributed by atoms with Gasteiger partial charge in [0.15, 0.2) is 0 Å². The summed E-state index contributed by atoms with van der Waals surface area (Å²) in [6, 6.07) is 10.7. The molecule has 0 heterocycles. The lowest BCUT2D eigenvalue weighted by molar-refractivity contribution is -0.118. The molecule has 2 aromatic carbocycles. The van der Waals surface area contributed by atoms with Crippen LogP contribution in [0.2, 0.25) is 0 Å². The van der Waals surface area contributed by atoms with E-state index in [2.05, 4.69) is 21.3 Å². The van der Waals surface area contributed by atoms with Gasteiger partial charge >= 0.3 is 0 Å². The minimum absolute atomic E-state index is 0.151. The van der Waals surface area contributed by atoms with E-state index in [1.807, 2.05) is 26.0 Å². The minimum atomic E-state index is -0.174. The summed E-state index contributed by atoms with van der Waals surface area (Å²) < 4.78 is 0. The van der Waals surface area contributed by atoms with E-state index in [1.165, 1.54) is 13.8 Å². The monoisotopic (exact) mass is 438 g/mol. The summed E-state index contributed by atoms with van der Waals surface area (Å²) in [6.45, 7) is 6.61. The molecule has 0 saturated heterocycles. The highest BCUT2D eigenvalue weighted by Crippen LogP contribution is 2.22. The van der Waals surface area contributed by atoms with E-state index in [4.69, 9.17) is 0 Å². The second-order valence-corrected chi connectivity index (χ2v) is 7.73. The average Bonchev–Trinajstić information content (AvgIpc) is 2.69. The predicted molar refractivity (Wildman–Crippen MR) is 127 cm³/mol. The van der Waals surface area contributed by atoms with Crippen LogP contribution in [0.4, 0.5) is 22.7 Å². The summed E-state index contributed by atoms with van der Waals surface area (Å²) in [5.41, 5.74) is 4.34. The molecule has 170 valence electrons. The molecule has 8 nitrogen and oxygen atoms in total. The number of unbranched alkanes of at least 4 members (excludes halogenated alkanes) is 1. The average molecular weight is 439 g/mol. The first-order chi connectivity index (χ1) is 15.1. The smallest absolute Gasteiger partial charge is 0.224 e. The number of benzene rings is 2. The largest absolute Gasteiger partial charge is 0.326 e. The molecule has 4 N–H and O–H groups in total. The molecule has 32 heavy (non-hydrogen) atoms. The van der Waals surface area contributed by atoms with Crippen molar-refractivity contribution in [1.82, 2.24) is 0 Å². The number of aryl methyl sites for hydroxylation is 2. The number of rotatable bonds is 9. The molecule has 2 aromatic rings. The molecule has 0 unspecified atom stereocenters. The maximum atomic E-state index is 12.2. The van der Waals surface area contributed by atoms with Gasteiger partial charge in [0.1, 0.15) is 0 Å². The fraction of sp³-hybridized carbons (Fsp3) is 0.333. The van der Waals surface area contributed by atoms with Crippen molar-refractivity contribution < 1.29 is 19.2 Å². The molecule has 0 spiro atoms. The van der Waals surface area contributed by atoms with Gasteiger partial charge in [0.05, 0.1) is 0 Å². The highest BCUT2D eigenvalue weighted by Gasteiger charge is 2.09. The lowest BCUT2D eigenvalue weighted by Crippen LogP contribution is -2.14. The van der Waals surface area contributed by atoms with Crippen molar-refractivity contribution in [3.8, 4) is 0 Å². The van der Waals surface area contributed by atoms with E-state index in [0.717, 1.165) is 11.1 Å². The Morgan fingerprint density at radius 3 is 1.34 bits per heavy atom. The van der Waals surface area contributed by atoms with Gasteiger partial charge in [0.25, 0.3) is 0 Å². The number of anilines is 4. The van der Waals surface area contributed by atoms with Gasteiger partial charge in [-0.15, -0.1) is 0 Å². The van der Waals surface area contributed by atoms with Crippen molar-refractivity contribution in [3.63, 3.8) is 0 Å². The second-order valence-electron chi connectivity index (χ2n) is 7.73. The molecule has 0 radical (unpaired) electrons. The van der Waals surface area contributed by atoms with Gasteiger partial charge in [-0.3, -0.25) is 19.2 Å². The molecule has 0 atom stereocenters. The zero-order chi connectivity index (χ0) is 23.7. The van der Waals surface area contributed by atoms with Crippen LogP contribution < -0.4 is 21.3 Å². The van der Waals surface area contributed by atoms with Crippen molar-refractivity contribution in [2.24, 2.45) is 0 Å². The SMILES string of the molecule is CC(=O)Nc1cc(NC(=O)CCCCC(=O)Nc2ccc(C)c(NC(C)=O)c2)ccc1C. The summed E-state index contributed by atoms with van der Waals surface area (Å²) in [5, 5.41) is 11.1. The van der Waals surface area contributed by atoms with Crippen LogP contribution in [0, 0.1) is 13.8 Å². The fourth-order valence-corrected chi connectivity index (χ4v) is 3.07. The summed E-state index contributed by atoms with van der Waals surface area (Å²) in [7, 11) is 0. The van der Waals surface area contributed by atoms with Crippen molar-refractivity contribution in [1.29, 1.82) is 0 Å². The lowest BCUT2D eigenvalue weighted by Gasteiger charge is -2.11. The van der Waals surface area contributed by atoms with Gasteiger partial charge in [0.2, 0.25) is 23.6 Å². The van der Waals surface area contributed by atoms with E-state index < -0.39 is 0 Å². The summed E-state index contributed by atoms with van der Waals surface area (Å²) in [6.07, 6.45) is 1.70. The molecule has 8 heteroatoms. The number of nitrogens with one attached hydrogen (secondary N) is 4. The van der Waals surface area contributed by atoms with Crippen molar-refractivity contribution >= 4 is 46.4 Å². The lowest BCUT2D eigenvalue weighted by atomic mass is 10.1. The van der Waals surface area contributed by atoms with Crippen molar-refractivity contribution in [3.05, 3.63) is 47.5 Å². The number of carbonyl (C=O) groups is 4. The molecule has 4 amide bonds. The molecule has 2 rings (SSSR count). The van der Waals surface area contributed by atoms with Crippen LogP contribution in [0.15, 0.2) is 36.4 Å². The van der Waals surface area contributed by atoms with Gasteiger partial charge in [-0.05, 0) is 62.1 Å². The second kappa shape index (κ2) is 11.6. The Hall–Kier alpha value is -3.68. The zero-order valence-corrected chi connectivity index (χ0v) is 18.9. The molecule has 0 aromatic heterocycles. The first-order valence-corrected chi connectivity index (χ1v) is 10.5. The summed E-state index contributed by atoms with van der Waals surface area (Å²) in [5.74, 6) is -0.651. The Morgan fingerprint density at radius 1 is 0.625 bits per heavy atom. The third kappa shape index (κ3) is 8.22. The number of carbonyl (C=O) groups excluding carboxylic acids is 4. The highest BCUT2D eigenvalue weighted by molar-refractivity contribution is 5.95. The maximum absolute atomic E-state index is 12.2. The molecule has 0 aliphatic rings. The number of hydrogen-bond acceptors (Lipinski definition) is 4. The van der Waals surface area contributed by atoms with Crippen LogP contribution in [0.1, 0.15) is 50.7 Å². The van der Waals surface area contributed by atoms with E-state index in [9.17, 15) is 19.2 Å². The van der Waals surface area contributed by atoms with Gasteiger partial charge < -0.3 is 21.3 Å². The van der Waals surface area contributed by atoms with Crippen molar-refractivity contribution in [2.45, 2.75) is 53.4 Å². The quantitative estimate of drug-likeness (QED) is 0.435. The molecular weight excluding hydrogens is 408 g/mol.